The van der Waals surface area contributed by atoms with Crippen molar-refractivity contribution in [3.05, 3.63) is 64.5 Å². The van der Waals surface area contributed by atoms with E-state index in [9.17, 15) is 51.4 Å². The zero-order valence-corrected chi connectivity index (χ0v) is 24.8. The summed E-state index contributed by atoms with van der Waals surface area (Å²) in [5, 5.41) is 16.3. The van der Waals surface area contributed by atoms with Crippen LogP contribution >= 0.6 is 0 Å². The van der Waals surface area contributed by atoms with Gasteiger partial charge in [-0.2, -0.15) is 13.2 Å². The van der Waals surface area contributed by atoms with E-state index in [0.717, 1.165) is 6.07 Å². The first-order chi connectivity index (χ1) is 21.0. The van der Waals surface area contributed by atoms with Gasteiger partial charge in [-0.05, 0) is 43.2 Å². The van der Waals surface area contributed by atoms with E-state index in [1.54, 1.807) is 13.8 Å². The average molecular weight is 640 g/mol. The summed E-state index contributed by atoms with van der Waals surface area (Å²) in [4.78, 5) is 73.8. The maximum absolute atomic E-state index is 14.2. The Bertz CT molecular complexity index is 1440. The maximum atomic E-state index is 14.2. The highest BCUT2D eigenvalue weighted by Gasteiger charge is 2.37. The van der Waals surface area contributed by atoms with Crippen LogP contribution in [0.3, 0.4) is 0 Å². The SMILES string of the molecule is COc1ccc(C(C)=O)cc1C(C=O)CN[C@H](C(=O)N[C@@H](CC(=O)O)C(=O)CNC(=O)c1c(F)cccc1C(F)(F)F)C(C)C. The first-order valence-electron chi connectivity index (χ1n) is 13.6. The number of ether oxygens (including phenoxy) is 1. The van der Waals surface area contributed by atoms with Gasteiger partial charge < -0.3 is 30.6 Å². The minimum Gasteiger partial charge on any atom is -0.496 e. The molecule has 2 rings (SSSR count). The number of ketones is 2. The van der Waals surface area contributed by atoms with Crippen LogP contribution in [0, 0.1) is 11.7 Å². The van der Waals surface area contributed by atoms with E-state index in [4.69, 9.17) is 4.74 Å². The Balaban J connectivity index is 2.20. The second-order valence-corrected chi connectivity index (χ2v) is 10.4. The Morgan fingerprint density at radius 3 is 2.27 bits per heavy atom. The monoisotopic (exact) mass is 639 g/mol. The number of alkyl halides is 3. The molecule has 3 atom stereocenters. The fourth-order valence-corrected chi connectivity index (χ4v) is 4.41. The number of carbonyl (C=O) groups is 6. The number of Topliss-reactive ketones (excluding diaryl/α,β-unsaturated/α-hetero) is 2. The molecule has 0 saturated heterocycles. The van der Waals surface area contributed by atoms with Crippen molar-refractivity contribution >= 4 is 35.6 Å². The van der Waals surface area contributed by atoms with Crippen molar-refractivity contribution in [1.82, 2.24) is 16.0 Å². The molecule has 0 spiro atoms. The molecule has 0 bridgehead atoms. The summed E-state index contributed by atoms with van der Waals surface area (Å²) in [5.74, 6) is -7.80. The number of aliphatic carboxylic acids is 1. The van der Waals surface area contributed by atoms with Crippen LogP contribution in [0.4, 0.5) is 17.6 Å². The molecule has 45 heavy (non-hydrogen) atoms. The van der Waals surface area contributed by atoms with Gasteiger partial charge in [0.1, 0.15) is 17.9 Å². The highest BCUT2D eigenvalue weighted by atomic mass is 19.4. The predicted octanol–water partition coefficient (Wildman–Crippen LogP) is 2.91. The maximum Gasteiger partial charge on any atom is 0.417 e. The number of hydrogen-bond acceptors (Lipinski definition) is 8. The number of carbonyl (C=O) groups excluding carboxylic acids is 5. The molecule has 0 radical (unpaired) electrons. The fourth-order valence-electron chi connectivity index (χ4n) is 4.41. The van der Waals surface area contributed by atoms with Gasteiger partial charge in [0.05, 0.1) is 49.2 Å². The summed E-state index contributed by atoms with van der Waals surface area (Å²) in [6.07, 6.45) is -5.43. The van der Waals surface area contributed by atoms with Crippen LogP contribution in [0.2, 0.25) is 0 Å². The summed E-state index contributed by atoms with van der Waals surface area (Å²) in [6.45, 7) is 3.45. The molecule has 1 unspecified atom stereocenters. The molecule has 15 heteroatoms. The van der Waals surface area contributed by atoms with Crippen molar-refractivity contribution in [2.45, 2.75) is 51.4 Å². The van der Waals surface area contributed by atoms with Gasteiger partial charge in [0.25, 0.3) is 5.91 Å². The van der Waals surface area contributed by atoms with Crippen molar-refractivity contribution in [1.29, 1.82) is 0 Å². The zero-order valence-electron chi connectivity index (χ0n) is 24.8. The standard InChI is InChI=1S/C30H33F4N3O8/c1-15(2)27(35-12-18(14-38)19-10-17(16(3)39)8-9-24(19)45-4)29(44)37-22(11-25(41)42)23(40)13-36-28(43)26-20(30(32,33)34)6-5-7-21(26)31/h5-10,14-15,18,22,27,35H,11-13H2,1-4H3,(H,36,43)(H,37,44)(H,41,42)/t18?,22-,27-/m0/s1. The first kappa shape index (κ1) is 36.5. The Labute approximate surface area is 255 Å². The summed E-state index contributed by atoms with van der Waals surface area (Å²) >= 11 is 0. The molecule has 0 aliphatic rings. The van der Waals surface area contributed by atoms with Crippen LogP contribution in [-0.4, -0.2) is 73.0 Å². The Morgan fingerprint density at radius 1 is 1.07 bits per heavy atom. The lowest BCUT2D eigenvalue weighted by Gasteiger charge is -2.26. The van der Waals surface area contributed by atoms with Gasteiger partial charge in [0.15, 0.2) is 11.6 Å². The molecule has 11 nitrogen and oxygen atoms in total. The van der Waals surface area contributed by atoms with Crippen LogP contribution in [0.5, 0.6) is 5.75 Å². The molecule has 2 aromatic carbocycles. The molecule has 2 amide bonds. The van der Waals surface area contributed by atoms with Crippen LogP contribution in [0.1, 0.15) is 65.0 Å². The van der Waals surface area contributed by atoms with Crippen LogP contribution in [-0.2, 0) is 25.4 Å². The second-order valence-electron chi connectivity index (χ2n) is 10.4. The number of carboxylic acids is 1. The number of carboxylic acid groups (broad SMARTS) is 1. The van der Waals surface area contributed by atoms with E-state index < -0.39 is 83.6 Å². The lowest BCUT2D eigenvalue weighted by Crippen LogP contribution is -2.54. The molecule has 0 heterocycles. The van der Waals surface area contributed by atoms with Gasteiger partial charge in [-0.25, -0.2) is 4.39 Å². The number of methoxy groups -OCH3 is 1. The van der Waals surface area contributed by atoms with Crippen LogP contribution in [0.25, 0.3) is 0 Å². The molecule has 0 saturated carbocycles. The Morgan fingerprint density at radius 2 is 1.73 bits per heavy atom. The van der Waals surface area contributed by atoms with Gasteiger partial charge in [0.2, 0.25) is 5.91 Å². The van der Waals surface area contributed by atoms with Gasteiger partial charge in [-0.3, -0.25) is 24.0 Å². The molecule has 0 aromatic heterocycles. The number of amides is 2. The summed E-state index contributed by atoms with van der Waals surface area (Å²) in [5.41, 5.74) is -2.24. The van der Waals surface area contributed by atoms with Gasteiger partial charge in [-0.1, -0.05) is 19.9 Å². The van der Waals surface area contributed by atoms with Crippen molar-refractivity contribution in [2.24, 2.45) is 5.92 Å². The Hall–Kier alpha value is -4.66. The normalized spacial score (nSPS) is 13.4. The van der Waals surface area contributed by atoms with E-state index >= 15 is 0 Å². The average Bonchev–Trinajstić information content (AvgIpc) is 2.96. The first-order valence-corrected chi connectivity index (χ1v) is 13.6. The van der Waals surface area contributed by atoms with Crippen molar-refractivity contribution in [3.8, 4) is 5.75 Å². The van der Waals surface area contributed by atoms with Crippen LogP contribution < -0.4 is 20.7 Å². The number of aldehydes is 1. The minimum absolute atomic E-state index is 0.130. The smallest absolute Gasteiger partial charge is 0.417 e. The molecule has 0 aliphatic carbocycles. The van der Waals surface area contributed by atoms with E-state index in [-0.39, 0.29) is 12.3 Å². The molecule has 244 valence electrons. The topological polar surface area (TPSA) is 168 Å². The van der Waals surface area contributed by atoms with Gasteiger partial charge in [0, 0.05) is 17.7 Å². The van der Waals surface area contributed by atoms with E-state index in [2.05, 4.69) is 10.6 Å². The van der Waals surface area contributed by atoms with E-state index in [1.165, 1.54) is 32.2 Å². The molecule has 0 fully saturated rings. The quantitative estimate of drug-likeness (QED) is 0.123. The number of benzene rings is 2. The second kappa shape index (κ2) is 15.9. The van der Waals surface area contributed by atoms with Crippen molar-refractivity contribution in [3.63, 3.8) is 0 Å². The van der Waals surface area contributed by atoms with Crippen molar-refractivity contribution < 1.29 is 56.2 Å². The molecular weight excluding hydrogens is 606 g/mol. The summed E-state index contributed by atoms with van der Waals surface area (Å²) < 4.78 is 59.3. The third-order valence-corrected chi connectivity index (χ3v) is 6.76. The van der Waals surface area contributed by atoms with E-state index in [1.807, 2.05) is 5.32 Å². The third-order valence-electron chi connectivity index (χ3n) is 6.76. The fraction of sp³-hybridized carbons (Fsp3) is 0.400. The van der Waals surface area contributed by atoms with Crippen LogP contribution in [0.15, 0.2) is 36.4 Å². The molecular formula is C30H33F4N3O8. The molecule has 4 N–H and O–H groups in total. The number of hydrogen-bond donors (Lipinski definition) is 4. The largest absolute Gasteiger partial charge is 0.496 e. The van der Waals surface area contributed by atoms with E-state index in [0.29, 0.717) is 35.3 Å². The number of halogens is 4. The summed E-state index contributed by atoms with van der Waals surface area (Å²) in [7, 11) is 1.37. The number of nitrogens with one attached hydrogen (secondary N) is 3. The third kappa shape index (κ3) is 9.93. The minimum atomic E-state index is -5.08. The highest BCUT2D eigenvalue weighted by molar-refractivity contribution is 6.00. The highest BCUT2D eigenvalue weighted by Crippen LogP contribution is 2.33. The van der Waals surface area contributed by atoms with Gasteiger partial charge >= 0.3 is 12.1 Å². The lowest BCUT2D eigenvalue weighted by atomic mass is 9.95. The van der Waals surface area contributed by atoms with Crippen molar-refractivity contribution in [2.75, 3.05) is 20.2 Å². The van der Waals surface area contributed by atoms with Gasteiger partial charge in [-0.15, -0.1) is 0 Å². The Kier molecular flexibility index (Phi) is 12.9. The lowest BCUT2D eigenvalue weighted by molar-refractivity contribution is -0.140. The summed E-state index contributed by atoms with van der Waals surface area (Å²) in [6, 6.07) is 3.60. The number of rotatable bonds is 16. The molecule has 0 aliphatic heterocycles. The molecule has 2 aromatic rings. The predicted molar refractivity (Wildman–Crippen MR) is 151 cm³/mol. The zero-order chi connectivity index (χ0) is 34.1.